The molecule has 0 N–H and O–H groups in total. The Morgan fingerprint density at radius 3 is 2.50 bits per heavy atom. The van der Waals surface area contributed by atoms with E-state index in [1.54, 1.807) is 24.3 Å². The zero-order valence-corrected chi connectivity index (χ0v) is 7.29. The summed E-state index contributed by atoms with van der Waals surface area (Å²) < 4.78 is 0. The molecule has 0 aliphatic rings. The highest BCUT2D eigenvalue weighted by Crippen LogP contribution is 2.08. The number of Topliss-reactive ketones (excluding diaryl/α,β-unsaturated/α-hetero) is 1. The molecule has 0 fully saturated rings. The van der Waals surface area contributed by atoms with Gasteiger partial charge in [-0.25, -0.2) is 0 Å². The van der Waals surface area contributed by atoms with Crippen molar-refractivity contribution in [2.45, 2.75) is 5.38 Å². The second kappa shape index (κ2) is 4.07. The molecule has 0 heterocycles. The number of ketones is 1. The Balaban J connectivity index is 2.85. The Kier molecular flexibility index (Phi) is 3.06. The van der Waals surface area contributed by atoms with E-state index in [0.717, 1.165) is 0 Å². The van der Waals surface area contributed by atoms with Gasteiger partial charge in [0.15, 0.2) is 5.78 Å². The lowest BCUT2D eigenvalue weighted by Crippen LogP contribution is -2.11. The Hall–Kier alpha value is -1.08. The average molecular weight is 181 g/mol. The lowest BCUT2D eigenvalue weighted by Gasteiger charge is -2.01. The van der Waals surface area contributed by atoms with Crippen LogP contribution in [0, 0.1) is 0 Å². The van der Waals surface area contributed by atoms with Crippen molar-refractivity contribution in [1.29, 1.82) is 0 Å². The molecule has 0 aliphatic heterocycles. The van der Waals surface area contributed by atoms with Gasteiger partial charge < -0.3 is 0 Å². The molecule has 0 spiro atoms. The fraction of sp³-hybridized carbons (Fsp3) is 0.100. The number of benzene rings is 1. The van der Waals surface area contributed by atoms with Gasteiger partial charge in [-0.05, 0) is 0 Å². The van der Waals surface area contributed by atoms with Gasteiger partial charge in [0.25, 0.3) is 0 Å². The molecule has 0 aliphatic carbocycles. The van der Waals surface area contributed by atoms with Crippen LogP contribution in [0.4, 0.5) is 0 Å². The molecule has 0 amide bonds. The van der Waals surface area contributed by atoms with Crippen molar-refractivity contribution in [3.63, 3.8) is 0 Å². The SMILES string of the molecule is C=CC(Cl)C(=O)c1ccccc1. The van der Waals surface area contributed by atoms with Crippen molar-refractivity contribution in [2.75, 3.05) is 0 Å². The van der Waals surface area contributed by atoms with Crippen LogP contribution in [0.3, 0.4) is 0 Å². The predicted molar refractivity (Wildman–Crippen MR) is 50.6 cm³/mol. The number of rotatable bonds is 3. The number of carbonyl (C=O) groups excluding carboxylic acids is 1. The van der Waals surface area contributed by atoms with Gasteiger partial charge in [0.05, 0.1) is 0 Å². The lowest BCUT2D eigenvalue weighted by atomic mass is 10.1. The van der Waals surface area contributed by atoms with E-state index >= 15 is 0 Å². The molecule has 1 aromatic carbocycles. The van der Waals surface area contributed by atoms with E-state index in [0.29, 0.717) is 5.56 Å². The molecule has 2 heteroatoms. The summed E-state index contributed by atoms with van der Waals surface area (Å²) in [5.41, 5.74) is 0.623. The van der Waals surface area contributed by atoms with Gasteiger partial charge in [0.1, 0.15) is 5.38 Å². The summed E-state index contributed by atoms with van der Waals surface area (Å²) in [5.74, 6) is -0.104. The molecule has 1 atom stereocenters. The van der Waals surface area contributed by atoms with Crippen LogP contribution in [0.5, 0.6) is 0 Å². The highest BCUT2D eigenvalue weighted by Gasteiger charge is 2.12. The van der Waals surface area contributed by atoms with Gasteiger partial charge in [-0.3, -0.25) is 4.79 Å². The van der Waals surface area contributed by atoms with Gasteiger partial charge >= 0.3 is 0 Å². The van der Waals surface area contributed by atoms with E-state index in [4.69, 9.17) is 11.6 Å². The largest absolute Gasteiger partial charge is 0.292 e. The van der Waals surface area contributed by atoms with Crippen LogP contribution in [0.15, 0.2) is 43.0 Å². The van der Waals surface area contributed by atoms with E-state index in [9.17, 15) is 4.79 Å². The van der Waals surface area contributed by atoms with Gasteiger partial charge in [-0.15, -0.1) is 18.2 Å². The number of hydrogen-bond donors (Lipinski definition) is 0. The van der Waals surface area contributed by atoms with Crippen molar-refractivity contribution in [3.05, 3.63) is 48.6 Å². The zero-order valence-electron chi connectivity index (χ0n) is 6.53. The second-order valence-corrected chi connectivity index (χ2v) is 2.84. The molecule has 1 unspecified atom stereocenters. The molecule has 0 aromatic heterocycles. The molecule has 0 saturated carbocycles. The molecule has 1 aromatic rings. The molecule has 1 nitrogen and oxygen atoms in total. The highest BCUT2D eigenvalue weighted by atomic mass is 35.5. The lowest BCUT2D eigenvalue weighted by molar-refractivity contribution is 0.0999. The first-order valence-electron chi connectivity index (χ1n) is 3.61. The molecule has 0 bridgehead atoms. The monoisotopic (exact) mass is 180 g/mol. The minimum Gasteiger partial charge on any atom is -0.292 e. The highest BCUT2D eigenvalue weighted by molar-refractivity contribution is 6.35. The summed E-state index contributed by atoms with van der Waals surface area (Å²) in [6, 6.07) is 8.94. The van der Waals surface area contributed by atoms with E-state index in [1.165, 1.54) is 6.08 Å². The van der Waals surface area contributed by atoms with Crippen molar-refractivity contribution in [2.24, 2.45) is 0 Å². The maximum Gasteiger partial charge on any atom is 0.184 e. The first kappa shape index (κ1) is 9.01. The van der Waals surface area contributed by atoms with Crippen LogP contribution in [-0.2, 0) is 0 Å². The van der Waals surface area contributed by atoms with Crippen LogP contribution in [0.2, 0.25) is 0 Å². The number of halogens is 1. The van der Waals surface area contributed by atoms with Crippen molar-refractivity contribution in [1.82, 2.24) is 0 Å². The van der Waals surface area contributed by atoms with E-state index in [2.05, 4.69) is 6.58 Å². The summed E-state index contributed by atoms with van der Waals surface area (Å²) in [6.45, 7) is 3.45. The number of alkyl halides is 1. The van der Waals surface area contributed by atoms with Crippen molar-refractivity contribution in [3.8, 4) is 0 Å². The van der Waals surface area contributed by atoms with Crippen molar-refractivity contribution < 1.29 is 4.79 Å². The van der Waals surface area contributed by atoms with Crippen LogP contribution in [-0.4, -0.2) is 11.2 Å². The van der Waals surface area contributed by atoms with Gasteiger partial charge in [0.2, 0.25) is 0 Å². The maximum atomic E-state index is 11.4. The average Bonchev–Trinajstić information content (AvgIpc) is 2.17. The van der Waals surface area contributed by atoms with Gasteiger partial charge in [0, 0.05) is 5.56 Å². The van der Waals surface area contributed by atoms with Crippen LogP contribution in [0.25, 0.3) is 0 Å². The third-order valence-corrected chi connectivity index (χ3v) is 1.89. The summed E-state index contributed by atoms with van der Waals surface area (Å²) in [6.07, 6.45) is 1.43. The van der Waals surface area contributed by atoms with E-state index < -0.39 is 5.38 Å². The summed E-state index contributed by atoms with van der Waals surface area (Å²) in [7, 11) is 0. The third kappa shape index (κ3) is 1.95. The minimum atomic E-state index is -0.618. The smallest absolute Gasteiger partial charge is 0.184 e. The number of hydrogen-bond acceptors (Lipinski definition) is 1. The molecule has 1 rings (SSSR count). The fourth-order valence-corrected chi connectivity index (χ4v) is 0.995. The molecular formula is C10H9ClO. The first-order chi connectivity index (χ1) is 5.75. The van der Waals surface area contributed by atoms with E-state index in [1.807, 2.05) is 6.07 Å². The quantitative estimate of drug-likeness (QED) is 0.397. The Morgan fingerprint density at radius 1 is 1.42 bits per heavy atom. The number of allylic oxidation sites excluding steroid dienone is 1. The van der Waals surface area contributed by atoms with E-state index in [-0.39, 0.29) is 5.78 Å². The van der Waals surface area contributed by atoms with Crippen LogP contribution < -0.4 is 0 Å². The van der Waals surface area contributed by atoms with Gasteiger partial charge in [-0.1, -0.05) is 36.4 Å². The first-order valence-corrected chi connectivity index (χ1v) is 4.05. The Bertz CT molecular complexity index is 279. The summed E-state index contributed by atoms with van der Waals surface area (Å²) in [5, 5.41) is -0.618. The second-order valence-electron chi connectivity index (χ2n) is 2.37. The van der Waals surface area contributed by atoms with Crippen molar-refractivity contribution >= 4 is 17.4 Å². The fourth-order valence-electron chi connectivity index (χ4n) is 0.869. The Labute approximate surface area is 76.7 Å². The minimum absolute atomic E-state index is 0.104. The van der Waals surface area contributed by atoms with Gasteiger partial charge in [-0.2, -0.15) is 0 Å². The Morgan fingerprint density at radius 2 is 2.00 bits per heavy atom. The normalized spacial score (nSPS) is 12.1. The summed E-state index contributed by atoms with van der Waals surface area (Å²) >= 11 is 5.68. The standard InChI is InChI=1S/C10H9ClO/c1-2-9(11)10(12)8-6-4-3-5-7-8/h2-7,9H,1H2. The zero-order chi connectivity index (χ0) is 8.97. The molecular weight excluding hydrogens is 172 g/mol. The topological polar surface area (TPSA) is 17.1 Å². The molecule has 12 heavy (non-hydrogen) atoms. The summed E-state index contributed by atoms with van der Waals surface area (Å²) in [4.78, 5) is 11.4. The third-order valence-electron chi connectivity index (χ3n) is 1.52. The molecule has 0 radical (unpaired) electrons. The number of carbonyl (C=O) groups is 1. The molecule has 62 valence electrons. The maximum absolute atomic E-state index is 11.4. The predicted octanol–water partition coefficient (Wildman–Crippen LogP) is 2.66. The van der Waals surface area contributed by atoms with Crippen LogP contribution >= 0.6 is 11.6 Å². The molecule has 0 saturated heterocycles. The van der Waals surface area contributed by atoms with Crippen LogP contribution in [0.1, 0.15) is 10.4 Å².